The quantitative estimate of drug-likeness (QED) is 0.870. The Kier molecular flexibility index (Phi) is 3.82. The van der Waals surface area contributed by atoms with Gasteiger partial charge in [-0.3, -0.25) is 10.1 Å². The van der Waals surface area contributed by atoms with E-state index in [2.05, 4.69) is 31.5 Å². The maximum Gasteiger partial charge on any atom is 0.260 e. The number of anilines is 1. The van der Waals surface area contributed by atoms with E-state index in [-0.39, 0.29) is 10.0 Å². The highest BCUT2D eigenvalue weighted by Crippen LogP contribution is 2.26. The third kappa shape index (κ3) is 2.61. The van der Waals surface area contributed by atoms with Gasteiger partial charge in [0.1, 0.15) is 5.82 Å². The summed E-state index contributed by atoms with van der Waals surface area (Å²) in [5.74, 6) is -1.05. The average Bonchev–Trinajstić information content (AvgIpc) is 2.83. The predicted octanol–water partition coefficient (Wildman–Crippen LogP) is 2.94. The van der Waals surface area contributed by atoms with Gasteiger partial charge in [-0.1, -0.05) is 6.07 Å². The van der Waals surface area contributed by atoms with E-state index in [0.717, 1.165) is 30.1 Å². The lowest BCUT2D eigenvalue weighted by atomic mass is 10.2. The molecule has 0 spiro atoms. The van der Waals surface area contributed by atoms with E-state index in [1.165, 1.54) is 17.4 Å². The Morgan fingerprint density at radius 3 is 3.15 bits per heavy atom. The molecule has 0 aliphatic carbocycles. The number of hydrogen-bond acceptors (Lipinski definition) is 4. The molecule has 3 rings (SSSR count). The molecule has 104 valence electrons. The Balaban J connectivity index is 1.82. The lowest BCUT2D eigenvalue weighted by Crippen LogP contribution is -2.22. The van der Waals surface area contributed by atoms with Crippen LogP contribution in [-0.4, -0.2) is 17.4 Å². The van der Waals surface area contributed by atoms with Crippen LogP contribution in [0, 0.1) is 5.82 Å². The van der Waals surface area contributed by atoms with Crippen molar-refractivity contribution in [2.75, 3.05) is 11.9 Å². The van der Waals surface area contributed by atoms with E-state index in [9.17, 15) is 9.18 Å². The monoisotopic (exact) mass is 355 g/mol. The van der Waals surface area contributed by atoms with Crippen LogP contribution in [0.1, 0.15) is 20.9 Å². The van der Waals surface area contributed by atoms with Gasteiger partial charge in [-0.2, -0.15) is 0 Å². The molecule has 4 nitrogen and oxygen atoms in total. The number of hydrogen-bond donors (Lipinski definition) is 2. The molecule has 0 unspecified atom stereocenters. The Bertz CT molecular complexity index is 650. The third-order valence-electron chi connectivity index (χ3n) is 3.02. The molecule has 2 N–H and O–H groups in total. The molecule has 1 amide bonds. The summed E-state index contributed by atoms with van der Waals surface area (Å²) >= 11 is 4.50. The van der Waals surface area contributed by atoms with Gasteiger partial charge in [0.05, 0.1) is 15.7 Å². The van der Waals surface area contributed by atoms with Crippen LogP contribution in [0.4, 0.5) is 9.52 Å². The minimum Gasteiger partial charge on any atom is -0.311 e. The molecule has 1 aliphatic heterocycles. The molecule has 0 saturated heterocycles. The maximum absolute atomic E-state index is 13.8. The van der Waals surface area contributed by atoms with Crippen LogP contribution in [0.25, 0.3) is 0 Å². The molecule has 0 fully saturated rings. The fraction of sp³-hybridized carbons (Fsp3) is 0.231. The number of halogens is 2. The van der Waals surface area contributed by atoms with Crippen molar-refractivity contribution < 1.29 is 9.18 Å². The number of benzene rings is 1. The minimum absolute atomic E-state index is 0.00525. The molecule has 20 heavy (non-hydrogen) atoms. The summed E-state index contributed by atoms with van der Waals surface area (Å²) in [4.78, 5) is 17.6. The Morgan fingerprint density at radius 2 is 2.35 bits per heavy atom. The first-order chi connectivity index (χ1) is 9.65. The molecule has 1 aliphatic rings. The molecule has 1 aromatic heterocycles. The van der Waals surface area contributed by atoms with Gasteiger partial charge in [-0.05, 0) is 28.1 Å². The van der Waals surface area contributed by atoms with Crippen LogP contribution in [0.2, 0.25) is 0 Å². The molecule has 0 saturated carbocycles. The second-order valence-corrected chi connectivity index (χ2v) is 6.31. The number of nitrogens with zero attached hydrogens (tertiary/aromatic N) is 1. The van der Waals surface area contributed by atoms with E-state index >= 15 is 0 Å². The van der Waals surface area contributed by atoms with Crippen molar-refractivity contribution in [2.24, 2.45) is 0 Å². The smallest absolute Gasteiger partial charge is 0.260 e. The lowest BCUT2D eigenvalue weighted by molar-refractivity contribution is 0.102. The number of rotatable bonds is 2. The zero-order valence-electron chi connectivity index (χ0n) is 10.4. The predicted molar refractivity (Wildman–Crippen MR) is 79.6 cm³/mol. The minimum atomic E-state index is -0.562. The largest absolute Gasteiger partial charge is 0.311 e. The maximum atomic E-state index is 13.8. The SMILES string of the molecule is O=C(Nc1nc2c(s1)CNCC2)c1cccc(Br)c1F. The van der Waals surface area contributed by atoms with Crippen molar-refractivity contribution >= 4 is 38.3 Å². The van der Waals surface area contributed by atoms with Gasteiger partial charge in [0, 0.05) is 24.4 Å². The van der Waals surface area contributed by atoms with E-state index in [1.54, 1.807) is 12.1 Å². The fourth-order valence-corrected chi connectivity index (χ4v) is 3.36. The third-order valence-corrected chi connectivity index (χ3v) is 4.64. The van der Waals surface area contributed by atoms with Gasteiger partial charge < -0.3 is 5.32 Å². The molecular weight excluding hydrogens is 345 g/mol. The van der Waals surface area contributed by atoms with Gasteiger partial charge in [0.25, 0.3) is 5.91 Å². The van der Waals surface area contributed by atoms with Crippen LogP contribution >= 0.6 is 27.3 Å². The summed E-state index contributed by atoms with van der Waals surface area (Å²) in [6, 6.07) is 4.63. The molecular formula is C13H11BrFN3OS. The number of fused-ring (bicyclic) bond motifs is 1. The van der Waals surface area contributed by atoms with Crippen LogP contribution in [0.3, 0.4) is 0 Å². The average molecular weight is 356 g/mol. The second kappa shape index (κ2) is 5.59. The van der Waals surface area contributed by atoms with Crippen molar-refractivity contribution in [3.63, 3.8) is 0 Å². The van der Waals surface area contributed by atoms with Gasteiger partial charge in [-0.25, -0.2) is 9.37 Å². The number of thiazole rings is 1. The Morgan fingerprint density at radius 1 is 1.50 bits per heavy atom. The van der Waals surface area contributed by atoms with Crippen molar-refractivity contribution in [3.05, 3.63) is 44.6 Å². The fourth-order valence-electron chi connectivity index (χ4n) is 2.02. The zero-order valence-corrected chi connectivity index (χ0v) is 12.8. The van der Waals surface area contributed by atoms with Gasteiger partial charge in [0.15, 0.2) is 5.13 Å². The van der Waals surface area contributed by atoms with Gasteiger partial charge in [-0.15, -0.1) is 11.3 Å². The summed E-state index contributed by atoms with van der Waals surface area (Å²) < 4.78 is 14.1. The molecule has 2 aromatic rings. The van der Waals surface area contributed by atoms with Crippen molar-refractivity contribution in [3.8, 4) is 0 Å². The number of nitrogens with one attached hydrogen (secondary N) is 2. The molecule has 0 bridgehead atoms. The van der Waals surface area contributed by atoms with Gasteiger partial charge >= 0.3 is 0 Å². The normalized spacial score (nSPS) is 13.9. The molecule has 0 atom stereocenters. The summed E-state index contributed by atoms with van der Waals surface area (Å²) in [7, 11) is 0. The highest BCUT2D eigenvalue weighted by atomic mass is 79.9. The summed E-state index contributed by atoms with van der Waals surface area (Å²) in [6.07, 6.45) is 0.854. The highest BCUT2D eigenvalue weighted by molar-refractivity contribution is 9.10. The van der Waals surface area contributed by atoms with E-state index in [0.29, 0.717) is 5.13 Å². The molecule has 7 heteroatoms. The van der Waals surface area contributed by atoms with Crippen LogP contribution < -0.4 is 10.6 Å². The summed E-state index contributed by atoms with van der Waals surface area (Å²) in [5, 5.41) is 6.43. The van der Waals surface area contributed by atoms with Crippen molar-refractivity contribution in [2.45, 2.75) is 13.0 Å². The van der Waals surface area contributed by atoms with Gasteiger partial charge in [0.2, 0.25) is 0 Å². The second-order valence-electron chi connectivity index (χ2n) is 4.37. The van der Waals surface area contributed by atoms with E-state index in [4.69, 9.17) is 0 Å². The van der Waals surface area contributed by atoms with Crippen LogP contribution in [-0.2, 0) is 13.0 Å². The number of aromatic nitrogens is 1. The van der Waals surface area contributed by atoms with Crippen LogP contribution in [0.15, 0.2) is 22.7 Å². The van der Waals surface area contributed by atoms with E-state index in [1.807, 2.05) is 0 Å². The highest BCUT2D eigenvalue weighted by Gasteiger charge is 2.18. The molecule has 2 heterocycles. The molecule has 0 radical (unpaired) electrons. The topological polar surface area (TPSA) is 54.0 Å². The van der Waals surface area contributed by atoms with Crippen molar-refractivity contribution in [1.82, 2.24) is 10.3 Å². The summed E-state index contributed by atoms with van der Waals surface area (Å²) in [5.41, 5.74) is 1.02. The van der Waals surface area contributed by atoms with E-state index < -0.39 is 11.7 Å². The first-order valence-corrected chi connectivity index (χ1v) is 7.71. The first-order valence-electron chi connectivity index (χ1n) is 6.10. The Hall–Kier alpha value is -1.31. The number of carbonyl (C=O) groups excluding carboxylic acids is 1. The number of carbonyl (C=O) groups is 1. The summed E-state index contributed by atoms with van der Waals surface area (Å²) in [6.45, 7) is 1.67. The zero-order chi connectivity index (χ0) is 14.1. The number of amides is 1. The Labute approximate surface area is 127 Å². The first kappa shape index (κ1) is 13.7. The standard InChI is InChI=1S/C13H11BrFN3OS/c14-8-3-1-2-7(11(8)15)12(19)18-13-17-9-4-5-16-6-10(9)20-13/h1-3,16H,4-6H2,(H,17,18,19). The van der Waals surface area contributed by atoms with Crippen molar-refractivity contribution in [1.29, 1.82) is 0 Å². The molecule has 1 aromatic carbocycles. The lowest BCUT2D eigenvalue weighted by Gasteiger charge is -2.09. The van der Waals surface area contributed by atoms with Crippen LogP contribution in [0.5, 0.6) is 0 Å².